The fourth-order valence-electron chi connectivity index (χ4n) is 4.11. The molecule has 1 unspecified atom stereocenters. The van der Waals surface area contributed by atoms with Gasteiger partial charge in [-0.2, -0.15) is 0 Å². The highest BCUT2D eigenvalue weighted by atomic mass is 32.1. The Labute approximate surface area is 187 Å². The number of aliphatic hydroxyl groups excluding tert-OH is 1. The maximum Gasteiger partial charge on any atom is 0.294 e. The zero-order valence-electron chi connectivity index (χ0n) is 18.5. The van der Waals surface area contributed by atoms with Crippen molar-refractivity contribution in [3.8, 4) is 0 Å². The lowest BCUT2D eigenvalue weighted by molar-refractivity contribution is -0.123. The van der Waals surface area contributed by atoms with Crippen molar-refractivity contribution < 1.29 is 14.7 Å². The first-order valence-electron chi connectivity index (χ1n) is 10.6. The van der Waals surface area contributed by atoms with E-state index < -0.39 is 23.1 Å². The third-order valence-electron chi connectivity index (χ3n) is 5.94. The normalized spacial score (nSPS) is 20.6. The van der Waals surface area contributed by atoms with Crippen molar-refractivity contribution >= 4 is 34.4 Å². The van der Waals surface area contributed by atoms with Crippen LogP contribution in [0.5, 0.6) is 0 Å². The molecule has 1 fully saturated rings. The summed E-state index contributed by atoms with van der Waals surface area (Å²) >= 11 is 1.48. The number of carbonyl (C=O) groups is 2. The van der Waals surface area contributed by atoms with E-state index in [9.17, 15) is 14.7 Å². The van der Waals surface area contributed by atoms with Crippen LogP contribution in [0.25, 0.3) is 0 Å². The number of carbonyl (C=O) groups excluding carboxylic acids is 2. The summed E-state index contributed by atoms with van der Waals surface area (Å²) in [5, 5.41) is 12.7. The van der Waals surface area contributed by atoms with Crippen LogP contribution in [0.15, 0.2) is 53.1 Å². The Morgan fingerprint density at radius 2 is 1.65 bits per heavy atom. The van der Waals surface area contributed by atoms with E-state index in [-0.39, 0.29) is 11.4 Å². The molecule has 164 valence electrons. The van der Waals surface area contributed by atoms with Crippen LogP contribution in [0.2, 0.25) is 0 Å². The number of Topliss-reactive ketones (excluding diaryl/α,β-unsaturated/α-hetero) is 1. The molecule has 2 aliphatic rings. The number of amides is 1. The van der Waals surface area contributed by atoms with Gasteiger partial charge in [-0.25, -0.2) is 0 Å². The van der Waals surface area contributed by atoms with Gasteiger partial charge in [0, 0.05) is 47.8 Å². The first kappa shape index (κ1) is 21.6. The quantitative estimate of drug-likeness (QED) is 0.780. The number of rotatable bonds is 4. The smallest absolute Gasteiger partial charge is 0.294 e. The van der Waals surface area contributed by atoms with Crippen LogP contribution in [0.1, 0.15) is 31.7 Å². The van der Waals surface area contributed by atoms with Gasteiger partial charge in [0.15, 0.2) is 11.5 Å². The van der Waals surface area contributed by atoms with E-state index in [1.165, 1.54) is 11.3 Å². The molecule has 1 saturated heterocycles. The Balaban J connectivity index is 1.69. The standard InChI is InChI=1S/C24H29N3O3S/c1-24(2,3)22(29)19-20(18-6-5-15-31-18)27(23(30)21(19)28)17-9-7-16(8-10-17)26-13-11-25(4)12-14-26/h5-10,15,20,28H,11-14H2,1-4H3. The molecule has 7 heteroatoms. The molecule has 0 bridgehead atoms. The lowest BCUT2D eigenvalue weighted by atomic mass is 9.83. The lowest BCUT2D eigenvalue weighted by Gasteiger charge is -2.34. The minimum absolute atomic E-state index is 0.183. The summed E-state index contributed by atoms with van der Waals surface area (Å²) in [5.74, 6) is -1.19. The Hall–Kier alpha value is -2.64. The maximum absolute atomic E-state index is 13.2. The summed E-state index contributed by atoms with van der Waals surface area (Å²) in [7, 11) is 2.13. The molecule has 0 saturated carbocycles. The topological polar surface area (TPSA) is 64.1 Å². The number of anilines is 2. The van der Waals surface area contributed by atoms with Gasteiger partial charge in [-0.05, 0) is 42.8 Å². The Bertz CT molecular complexity index is 998. The Morgan fingerprint density at radius 1 is 1.03 bits per heavy atom. The molecule has 6 nitrogen and oxygen atoms in total. The molecule has 1 amide bonds. The fraction of sp³-hybridized carbons (Fsp3) is 0.417. The number of benzene rings is 1. The lowest BCUT2D eigenvalue weighted by Crippen LogP contribution is -2.44. The molecule has 3 heterocycles. The molecule has 2 aliphatic heterocycles. The van der Waals surface area contributed by atoms with E-state index in [4.69, 9.17) is 0 Å². The van der Waals surface area contributed by atoms with E-state index in [0.717, 1.165) is 36.7 Å². The van der Waals surface area contributed by atoms with Crippen LogP contribution in [-0.2, 0) is 9.59 Å². The van der Waals surface area contributed by atoms with E-state index >= 15 is 0 Å². The van der Waals surface area contributed by atoms with Crippen LogP contribution < -0.4 is 9.80 Å². The predicted octanol–water partition coefficient (Wildman–Crippen LogP) is 4.02. The summed E-state index contributed by atoms with van der Waals surface area (Å²) in [4.78, 5) is 33.4. The first-order valence-corrected chi connectivity index (χ1v) is 11.4. The second kappa shape index (κ2) is 8.13. The summed E-state index contributed by atoms with van der Waals surface area (Å²) in [6.45, 7) is 9.37. The summed E-state index contributed by atoms with van der Waals surface area (Å²) in [5.41, 5.74) is 1.26. The molecule has 1 aromatic heterocycles. The van der Waals surface area contributed by atoms with Crippen LogP contribution in [0, 0.1) is 5.41 Å². The Kier molecular flexibility index (Phi) is 5.66. The van der Waals surface area contributed by atoms with Crippen molar-refractivity contribution in [2.24, 2.45) is 5.41 Å². The molecule has 1 N–H and O–H groups in total. The van der Waals surface area contributed by atoms with E-state index in [0.29, 0.717) is 5.69 Å². The second-order valence-electron chi connectivity index (χ2n) is 9.24. The molecular weight excluding hydrogens is 410 g/mol. The van der Waals surface area contributed by atoms with Gasteiger partial charge in [-0.1, -0.05) is 26.8 Å². The van der Waals surface area contributed by atoms with Gasteiger partial charge in [0.2, 0.25) is 0 Å². The van der Waals surface area contributed by atoms with E-state index in [1.807, 2.05) is 41.8 Å². The SMILES string of the molecule is CN1CCN(c2ccc(N3C(=O)C(O)=C(C(=O)C(C)(C)C)C3c3cccs3)cc2)CC1. The highest BCUT2D eigenvalue weighted by Crippen LogP contribution is 2.44. The molecule has 31 heavy (non-hydrogen) atoms. The van der Waals surface area contributed by atoms with Crippen LogP contribution in [-0.4, -0.2) is 54.9 Å². The average molecular weight is 440 g/mol. The second-order valence-corrected chi connectivity index (χ2v) is 10.2. The van der Waals surface area contributed by atoms with Gasteiger partial charge in [0.1, 0.15) is 6.04 Å². The van der Waals surface area contributed by atoms with E-state index in [1.54, 1.807) is 25.7 Å². The number of piperazine rings is 1. The van der Waals surface area contributed by atoms with Crippen molar-refractivity contribution in [2.75, 3.05) is 43.0 Å². The van der Waals surface area contributed by atoms with Gasteiger partial charge in [-0.3, -0.25) is 14.5 Å². The summed E-state index contributed by atoms with van der Waals surface area (Å²) in [6.07, 6.45) is 0. The molecular formula is C24H29N3O3S. The predicted molar refractivity (Wildman–Crippen MR) is 125 cm³/mol. The van der Waals surface area contributed by atoms with Crippen molar-refractivity contribution in [2.45, 2.75) is 26.8 Å². The minimum Gasteiger partial charge on any atom is -0.503 e. The van der Waals surface area contributed by atoms with Gasteiger partial charge in [0.25, 0.3) is 5.91 Å². The van der Waals surface area contributed by atoms with Crippen LogP contribution in [0.4, 0.5) is 11.4 Å². The molecule has 0 aliphatic carbocycles. The molecule has 0 spiro atoms. The number of hydrogen-bond acceptors (Lipinski definition) is 6. The number of thiophene rings is 1. The zero-order valence-corrected chi connectivity index (χ0v) is 19.3. The zero-order chi connectivity index (χ0) is 22.3. The fourth-order valence-corrected chi connectivity index (χ4v) is 4.94. The maximum atomic E-state index is 13.2. The molecule has 0 radical (unpaired) electrons. The Morgan fingerprint density at radius 3 is 2.19 bits per heavy atom. The van der Waals surface area contributed by atoms with Gasteiger partial charge in [-0.15, -0.1) is 11.3 Å². The monoisotopic (exact) mass is 439 g/mol. The van der Waals surface area contributed by atoms with E-state index in [2.05, 4.69) is 16.8 Å². The number of hydrogen-bond donors (Lipinski definition) is 1. The van der Waals surface area contributed by atoms with Crippen molar-refractivity contribution in [3.63, 3.8) is 0 Å². The van der Waals surface area contributed by atoms with Crippen molar-refractivity contribution in [1.82, 2.24) is 4.90 Å². The van der Waals surface area contributed by atoms with Gasteiger partial charge < -0.3 is 14.9 Å². The first-order chi connectivity index (χ1) is 14.7. The van der Waals surface area contributed by atoms with Crippen molar-refractivity contribution in [1.29, 1.82) is 0 Å². The summed E-state index contributed by atoms with van der Waals surface area (Å²) in [6, 6.07) is 11.0. The van der Waals surface area contributed by atoms with Crippen LogP contribution in [0.3, 0.4) is 0 Å². The van der Waals surface area contributed by atoms with Crippen molar-refractivity contribution in [3.05, 3.63) is 58.0 Å². The molecule has 4 rings (SSSR count). The number of nitrogens with zero attached hydrogens (tertiary/aromatic N) is 3. The summed E-state index contributed by atoms with van der Waals surface area (Å²) < 4.78 is 0. The number of ketones is 1. The highest BCUT2D eigenvalue weighted by molar-refractivity contribution is 7.10. The average Bonchev–Trinajstić information content (AvgIpc) is 3.35. The molecule has 2 aromatic rings. The largest absolute Gasteiger partial charge is 0.503 e. The number of likely N-dealkylation sites (N-methyl/N-ethyl adjacent to an activating group) is 1. The molecule has 1 aromatic carbocycles. The third-order valence-corrected chi connectivity index (χ3v) is 6.87. The van der Waals surface area contributed by atoms with Crippen LogP contribution >= 0.6 is 11.3 Å². The highest BCUT2D eigenvalue weighted by Gasteiger charge is 2.47. The third kappa shape index (κ3) is 4.00. The van der Waals surface area contributed by atoms with Gasteiger partial charge >= 0.3 is 0 Å². The van der Waals surface area contributed by atoms with Gasteiger partial charge in [0.05, 0.1) is 5.57 Å². The number of aliphatic hydroxyl groups is 1. The molecule has 1 atom stereocenters. The minimum atomic E-state index is -0.708.